The lowest BCUT2D eigenvalue weighted by Crippen LogP contribution is -2.10. The van der Waals surface area contributed by atoms with Crippen LogP contribution < -0.4 is 5.32 Å². The van der Waals surface area contributed by atoms with E-state index in [2.05, 4.69) is 15.5 Å². The van der Waals surface area contributed by atoms with Gasteiger partial charge in [0.25, 0.3) is 5.91 Å². The number of aryl methyl sites for hydroxylation is 3. The fourth-order valence-electron chi connectivity index (χ4n) is 2.06. The minimum Gasteiger partial charge on any atom is -0.351 e. The van der Waals surface area contributed by atoms with Gasteiger partial charge in [-0.1, -0.05) is 35.0 Å². The number of nitrogens with one attached hydrogen (secondary N) is 1. The molecule has 0 spiro atoms. The molecule has 0 aliphatic heterocycles. The van der Waals surface area contributed by atoms with Crippen molar-refractivity contribution in [2.24, 2.45) is 0 Å². The Bertz CT molecular complexity index is 818. The maximum absolute atomic E-state index is 12.1. The standard InChI is InChI=1S/C16H15N3O2S/c1-9-4-6-12(7-5-9)14-11(3)22-16(17-14)18-15(20)13-8-10(2)19-21-13/h4-8H,1-3H3,(H,17,18,20). The molecule has 5 nitrogen and oxygen atoms in total. The topological polar surface area (TPSA) is 68.0 Å². The highest BCUT2D eigenvalue weighted by molar-refractivity contribution is 7.16. The molecule has 0 aliphatic rings. The van der Waals surface area contributed by atoms with Crippen LogP contribution >= 0.6 is 11.3 Å². The van der Waals surface area contributed by atoms with E-state index in [-0.39, 0.29) is 11.7 Å². The summed E-state index contributed by atoms with van der Waals surface area (Å²) < 4.78 is 4.95. The van der Waals surface area contributed by atoms with E-state index in [1.54, 1.807) is 13.0 Å². The molecule has 0 fully saturated rings. The molecule has 22 heavy (non-hydrogen) atoms. The van der Waals surface area contributed by atoms with Gasteiger partial charge < -0.3 is 4.52 Å². The Morgan fingerprint density at radius 2 is 1.91 bits per heavy atom. The summed E-state index contributed by atoms with van der Waals surface area (Å²) in [6.07, 6.45) is 0. The highest BCUT2D eigenvalue weighted by atomic mass is 32.1. The highest BCUT2D eigenvalue weighted by Crippen LogP contribution is 2.30. The van der Waals surface area contributed by atoms with Crippen LogP contribution in [0.25, 0.3) is 11.3 Å². The maximum atomic E-state index is 12.1. The van der Waals surface area contributed by atoms with E-state index in [9.17, 15) is 4.79 Å². The second-order valence-corrected chi connectivity index (χ2v) is 6.28. The largest absolute Gasteiger partial charge is 0.351 e. The molecule has 112 valence electrons. The number of rotatable bonds is 3. The number of carbonyl (C=O) groups excluding carboxylic acids is 1. The molecule has 0 bridgehead atoms. The fourth-order valence-corrected chi connectivity index (χ4v) is 2.89. The average Bonchev–Trinajstić information content (AvgIpc) is 3.06. The first-order valence-corrected chi connectivity index (χ1v) is 7.64. The predicted molar refractivity (Wildman–Crippen MR) is 86.2 cm³/mol. The molecule has 0 aliphatic carbocycles. The summed E-state index contributed by atoms with van der Waals surface area (Å²) >= 11 is 1.44. The summed E-state index contributed by atoms with van der Waals surface area (Å²) in [5, 5.41) is 7.00. The monoisotopic (exact) mass is 313 g/mol. The lowest BCUT2D eigenvalue weighted by atomic mass is 10.1. The fraction of sp³-hybridized carbons (Fsp3) is 0.188. The average molecular weight is 313 g/mol. The molecule has 6 heteroatoms. The molecule has 0 unspecified atom stereocenters. The molecule has 1 aromatic carbocycles. The van der Waals surface area contributed by atoms with Gasteiger partial charge in [0.15, 0.2) is 5.13 Å². The van der Waals surface area contributed by atoms with E-state index in [4.69, 9.17) is 4.52 Å². The van der Waals surface area contributed by atoms with Gasteiger partial charge in [-0.3, -0.25) is 10.1 Å². The molecule has 0 radical (unpaired) electrons. The van der Waals surface area contributed by atoms with Crippen LogP contribution in [0.5, 0.6) is 0 Å². The number of benzene rings is 1. The number of anilines is 1. The van der Waals surface area contributed by atoms with Crippen molar-refractivity contribution in [3.63, 3.8) is 0 Å². The summed E-state index contributed by atoms with van der Waals surface area (Å²) in [6.45, 7) is 5.80. The van der Waals surface area contributed by atoms with Crippen molar-refractivity contribution in [2.45, 2.75) is 20.8 Å². The zero-order chi connectivity index (χ0) is 15.7. The first kappa shape index (κ1) is 14.5. The summed E-state index contributed by atoms with van der Waals surface area (Å²) in [5.41, 5.74) is 3.79. The minimum absolute atomic E-state index is 0.183. The third-order valence-corrected chi connectivity index (χ3v) is 4.08. The van der Waals surface area contributed by atoms with Gasteiger partial charge in [0, 0.05) is 16.5 Å². The second kappa shape index (κ2) is 5.73. The van der Waals surface area contributed by atoms with Gasteiger partial charge in [0.1, 0.15) is 0 Å². The van der Waals surface area contributed by atoms with Crippen LogP contribution in [-0.4, -0.2) is 16.0 Å². The Hall–Kier alpha value is -2.47. The molecular weight excluding hydrogens is 298 g/mol. The van der Waals surface area contributed by atoms with E-state index >= 15 is 0 Å². The van der Waals surface area contributed by atoms with E-state index in [0.717, 1.165) is 16.1 Å². The highest BCUT2D eigenvalue weighted by Gasteiger charge is 2.16. The predicted octanol–water partition coefficient (Wildman–Crippen LogP) is 3.98. The minimum atomic E-state index is -0.343. The molecule has 0 saturated carbocycles. The van der Waals surface area contributed by atoms with E-state index in [0.29, 0.717) is 10.8 Å². The van der Waals surface area contributed by atoms with Gasteiger partial charge in [0.05, 0.1) is 11.4 Å². The van der Waals surface area contributed by atoms with Crippen LogP contribution in [0.4, 0.5) is 5.13 Å². The Morgan fingerprint density at radius 3 is 2.55 bits per heavy atom. The van der Waals surface area contributed by atoms with Gasteiger partial charge >= 0.3 is 0 Å². The van der Waals surface area contributed by atoms with Crippen molar-refractivity contribution in [2.75, 3.05) is 5.32 Å². The van der Waals surface area contributed by atoms with Crippen LogP contribution in [0.3, 0.4) is 0 Å². The first-order chi connectivity index (χ1) is 10.5. The van der Waals surface area contributed by atoms with Crippen molar-refractivity contribution in [3.05, 3.63) is 52.2 Å². The van der Waals surface area contributed by atoms with Crippen molar-refractivity contribution >= 4 is 22.4 Å². The summed E-state index contributed by atoms with van der Waals surface area (Å²) in [6, 6.07) is 9.75. The van der Waals surface area contributed by atoms with Gasteiger partial charge in [-0.05, 0) is 20.8 Å². The molecule has 2 aromatic heterocycles. The normalized spacial score (nSPS) is 10.7. The van der Waals surface area contributed by atoms with Crippen molar-refractivity contribution in [3.8, 4) is 11.3 Å². The molecule has 1 N–H and O–H groups in total. The van der Waals surface area contributed by atoms with Gasteiger partial charge in [-0.25, -0.2) is 4.98 Å². The first-order valence-electron chi connectivity index (χ1n) is 6.82. The van der Waals surface area contributed by atoms with Crippen molar-refractivity contribution in [1.29, 1.82) is 0 Å². The zero-order valence-electron chi connectivity index (χ0n) is 12.5. The van der Waals surface area contributed by atoms with Gasteiger partial charge in [0.2, 0.25) is 5.76 Å². The Balaban J connectivity index is 1.83. The number of carbonyl (C=O) groups is 1. The molecule has 1 amide bonds. The summed E-state index contributed by atoms with van der Waals surface area (Å²) in [4.78, 5) is 17.6. The third kappa shape index (κ3) is 2.92. The summed E-state index contributed by atoms with van der Waals surface area (Å²) in [7, 11) is 0. The second-order valence-electron chi connectivity index (χ2n) is 5.08. The Labute approximate surface area is 132 Å². The van der Waals surface area contributed by atoms with Crippen LogP contribution in [0.15, 0.2) is 34.9 Å². The Kier molecular flexibility index (Phi) is 3.77. The number of aromatic nitrogens is 2. The quantitative estimate of drug-likeness (QED) is 0.794. The van der Waals surface area contributed by atoms with Crippen molar-refractivity contribution < 1.29 is 9.32 Å². The lowest BCUT2D eigenvalue weighted by Gasteiger charge is -1.99. The van der Waals surface area contributed by atoms with Crippen LogP contribution in [0, 0.1) is 20.8 Å². The smallest absolute Gasteiger partial charge is 0.296 e. The number of nitrogens with zero attached hydrogens (tertiary/aromatic N) is 2. The molecular formula is C16H15N3O2S. The molecule has 0 atom stereocenters. The SMILES string of the molecule is Cc1ccc(-c2nc(NC(=O)c3cc(C)no3)sc2C)cc1. The number of amides is 1. The van der Waals surface area contributed by atoms with Gasteiger partial charge in [-0.2, -0.15) is 0 Å². The van der Waals surface area contributed by atoms with E-state index in [1.807, 2.05) is 38.1 Å². The Morgan fingerprint density at radius 1 is 1.18 bits per heavy atom. The maximum Gasteiger partial charge on any atom is 0.296 e. The number of hydrogen-bond acceptors (Lipinski definition) is 5. The number of thiazole rings is 1. The van der Waals surface area contributed by atoms with Crippen LogP contribution in [0.2, 0.25) is 0 Å². The zero-order valence-corrected chi connectivity index (χ0v) is 13.3. The third-order valence-electron chi connectivity index (χ3n) is 3.19. The van der Waals surface area contributed by atoms with E-state index in [1.165, 1.54) is 16.9 Å². The van der Waals surface area contributed by atoms with Gasteiger partial charge in [-0.15, -0.1) is 11.3 Å². The summed E-state index contributed by atoms with van der Waals surface area (Å²) in [5.74, 6) is -0.160. The van der Waals surface area contributed by atoms with E-state index < -0.39 is 0 Å². The number of hydrogen-bond donors (Lipinski definition) is 1. The molecule has 0 saturated heterocycles. The van der Waals surface area contributed by atoms with Crippen LogP contribution in [0.1, 0.15) is 26.7 Å². The van der Waals surface area contributed by atoms with Crippen LogP contribution in [-0.2, 0) is 0 Å². The molecule has 3 aromatic rings. The van der Waals surface area contributed by atoms with Crippen molar-refractivity contribution in [1.82, 2.24) is 10.1 Å². The molecule has 2 heterocycles. The molecule has 3 rings (SSSR count). The lowest BCUT2D eigenvalue weighted by molar-refractivity contribution is 0.0988.